The molecule has 2 N–H and O–H groups in total. The van der Waals surface area contributed by atoms with Crippen molar-refractivity contribution in [2.24, 2.45) is 7.05 Å². The van der Waals surface area contributed by atoms with Crippen LogP contribution in [-0.2, 0) is 13.6 Å². The Morgan fingerprint density at radius 1 is 1.30 bits per heavy atom. The SMILES string of the molecule is Cc1nn(Cc2cccc(C(=O)Nc3cnn(C)c3C(=O)O)c2)c(C)c1Cl. The molecule has 0 fully saturated rings. The number of aryl methyl sites for hydroxylation is 2. The van der Waals surface area contributed by atoms with Crippen LogP contribution in [0.25, 0.3) is 0 Å². The molecule has 27 heavy (non-hydrogen) atoms. The Morgan fingerprint density at radius 3 is 2.67 bits per heavy atom. The molecule has 2 heterocycles. The van der Waals surface area contributed by atoms with Crippen molar-refractivity contribution < 1.29 is 14.7 Å². The van der Waals surface area contributed by atoms with Gasteiger partial charge in [0.2, 0.25) is 0 Å². The molecule has 0 aliphatic carbocycles. The zero-order valence-corrected chi connectivity index (χ0v) is 15.8. The molecule has 2 aromatic heterocycles. The van der Waals surface area contributed by atoms with Crippen LogP contribution in [0, 0.1) is 13.8 Å². The first-order chi connectivity index (χ1) is 12.8. The van der Waals surface area contributed by atoms with E-state index in [2.05, 4.69) is 15.5 Å². The Hall–Kier alpha value is -3.13. The molecule has 0 saturated carbocycles. The first-order valence-corrected chi connectivity index (χ1v) is 8.50. The standard InChI is InChI=1S/C18H18ClN5O3/c1-10-15(19)11(2)24(22-10)9-12-5-4-6-13(7-12)17(25)21-14-8-20-23(3)16(14)18(26)27/h4-8H,9H2,1-3H3,(H,21,25)(H,26,27). The molecule has 0 unspecified atom stereocenters. The summed E-state index contributed by atoms with van der Waals surface area (Å²) in [5, 5.41) is 20.7. The Kier molecular flexibility index (Phi) is 5.00. The summed E-state index contributed by atoms with van der Waals surface area (Å²) in [5.74, 6) is -1.58. The molecule has 1 aromatic carbocycles. The number of hydrogen-bond acceptors (Lipinski definition) is 4. The molecule has 0 bridgehead atoms. The lowest BCUT2D eigenvalue weighted by atomic mass is 10.1. The topological polar surface area (TPSA) is 102 Å². The normalized spacial score (nSPS) is 10.8. The fourth-order valence-corrected chi connectivity index (χ4v) is 2.93. The Labute approximate surface area is 160 Å². The number of aromatic nitrogens is 4. The summed E-state index contributed by atoms with van der Waals surface area (Å²) in [4.78, 5) is 23.9. The van der Waals surface area contributed by atoms with E-state index >= 15 is 0 Å². The van der Waals surface area contributed by atoms with Crippen LogP contribution in [0.15, 0.2) is 30.5 Å². The highest BCUT2D eigenvalue weighted by Gasteiger charge is 2.18. The number of carboxylic acids is 1. The summed E-state index contributed by atoms with van der Waals surface area (Å²) in [6.45, 7) is 4.19. The van der Waals surface area contributed by atoms with Gasteiger partial charge >= 0.3 is 5.97 Å². The predicted molar refractivity (Wildman–Crippen MR) is 100 cm³/mol. The number of anilines is 1. The molecular weight excluding hydrogens is 370 g/mol. The summed E-state index contributed by atoms with van der Waals surface area (Å²) in [7, 11) is 1.50. The lowest BCUT2D eigenvalue weighted by Crippen LogP contribution is -2.16. The van der Waals surface area contributed by atoms with Gasteiger partial charge in [-0.25, -0.2) is 4.79 Å². The number of carboxylic acid groups (broad SMARTS) is 1. The van der Waals surface area contributed by atoms with E-state index in [0.29, 0.717) is 17.1 Å². The van der Waals surface area contributed by atoms with Gasteiger partial charge in [0.15, 0.2) is 5.69 Å². The maximum Gasteiger partial charge on any atom is 0.356 e. The minimum atomic E-state index is -1.17. The van der Waals surface area contributed by atoms with Crippen LogP contribution in [-0.4, -0.2) is 36.5 Å². The van der Waals surface area contributed by atoms with Gasteiger partial charge in [0.1, 0.15) is 0 Å². The molecule has 9 heteroatoms. The highest BCUT2D eigenvalue weighted by Crippen LogP contribution is 2.20. The van der Waals surface area contributed by atoms with Crippen molar-refractivity contribution in [1.82, 2.24) is 19.6 Å². The number of carbonyl (C=O) groups is 2. The van der Waals surface area contributed by atoms with Gasteiger partial charge in [-0.3, -0.25) is 14.2 Å². The molecule has 140 valence electrons. The minimum Gasteiger partial charge on any atom is -0.476 e. The van der Waals surface area contributed by atoms with Crippen LogP contribution in [0.2, 0.25) is 5.02 Å². The Morgan fingerprint density at radius 2 is 2.04 bits per heavy atom. The van der Waals surface area contributed by atoms with Crippen molar-refractivity contribution in [3.63, 3.8) is 0 Å². The second-order valence-electron chi connectivity index (χ2n) is 6.13. The van der Waals surface area contributed by atoms with Crippen molar-refractivity contribution in [2.45, 2.75) is 20.4 Å². The number of halogens is 1. The van der Waals surface area contributed by atoms with Crippen molar-refractivity contribution in [3.8, 4) is 0 Å². The second kappa shape index (κ2) is 7.24. The first kappa shape index (κ1) is 18.7. The molecule has 0 aliphatic rings. The van der Waals surface area contributed by atoms with E-state index in [4.69, 9.17) is 11.6 Å². The van der Waals surface area contributed by atoms with Crippen LogP contribution < -0.4 is 5.32 Å². The number of aromatic carboxylic acids is 1. The molecule has 0 saturated heterocycles. The summed E-state index contributed by atoms with van der Waals surface area (Å²) in [6, 6.07) is 7.03. The second-order valence-corrected chi connectivity index (χ2v) is 6.51. The van der Waals surface area contributed by atoms with Crippen LogP contribution in [0.4, 0.5) is 5.69 Å². The van der Waals surface area contributed by atoms with Crippen LogP contribution >= 0.6 is 11.6 Å². The lowest BCUT2D eigenvalue weighted by Gasteiger charge is -2.08. The van der Waals surface area contributed by atoms with E-state index in [1.165, 1.54) is 17.9 Å². The summed E-state index contributed by atoms with van der Waals surface area (Å²) >= 11 is 6.18. The monoisotopic (exact) mass is 387 g/mol. The van der Waals surface area contributed by atoms with Gasteiger partial charge < -0.3 is 10.4 Å². The zero-order chi connectivity index (χ0) is 19.7. The van der Waals surface area contributed by atoms with Crippen LogP contribution in [0.1, 0.15) is 37.8 Å². The maximum absolute atomic E-state index is 12.5. The van der Waals surface area contributed by atoms with Crippen molar-refractivity contribution in [3.05, 3.63) is 63.7 Å². The fourth-order valence-electron chi connectivity index (χ4n) is 2.79. The van der Waals surface area contributed by atoms with Crippen LogP contribution in [0.3, 0.4) is 0 Å². The highest BCUT2D eigenvalue weighted by atomic mass is 35.5. The third kappa shape index (κ3) is 3.70. The van der Waals surface area contributed by atoms with E-state index in [0.717, 1.165) is 17.0 Å². The van der Waals surface area contributed by atoms with E-state index in [-0.39, 0.29) is 11.4 Å². The lowest BCUT2D eigenvalue weighted by molar-refractivity contribution is 0.0686. The van der Waals surface area contributed by atoms with Crippen molar-refractivity contribution >= 4 is 29.2 Å². The van der Waals surface area contributed by atoms with E-state index in [1.807, 2.05) is 19.9 Å². The summed E-state index contributed by atoms with van der Waals surface area (Å²) in [6.07, 6.45) is 1.31. The number of rotatable bonds is 5. The summed E-state index contributed by atoms with van der Waals surface area (Å²) < 4.78 is 2.97. The average molecular weight is 388 g/mol. The first-order valence-electron chi connectivity index (χ1n) is 8.13. The number of hydrogen-bond donors (Lipinski definition) is 2. The van der Waals surface area contributed by atoms with Crippen molar-refractivity contribution in [1.29, 1.82) is 0 Å². The fraction of sp³-hybridized carbons (Fsp3) is 0.222. The van der Waals surface area contributed by atoms with Gasteiger partial charge in [0, 0.05) is 12.6 Å². The molecule has 0 spiro atoms. The van der Waals surface area contributed by atoms with Crippen molar-refractivity contribution in [2.75, 3.05) is 5.32 Å². The Bertz CT molecular complexity index is 1040. The quantitative estimate of drug-likeness (QED) is 0.700. The number of amides is 1. The smallest absolute Gasteiger partial charge is 0.356 e. The number of benzene rings is 1. The third-order valence-corrected chi connectivity index (χ3v) is 4.75. The third-order valence-electron chi connectivity index (χ3n) is 4.20. The van der Waals surface area contributed by atoms with Gasteiger partial charge in [0.05, 0.1) is 34.8 Å². The van der Waals surface area contributed by atoms with Crippen LogP contribution in [0.5, 0.6) is 0 Å². The highest BCUT2D eigenvalue weighted by molar-refractivity contribution is 6.31. The predicted octanol–water partition coefficient (Wildman–Crippen LogP) is 2.89. The average Bonchev–Trinajstić information content (AvgIpc) is 3.10. The van der Waals surface area contributed by atoms with Gasteiger partial charge in [-0.1, -0.05) is 23.7 Å². The van der Waals surface area contributed by atoms with E-state index in [9.17, 15) is 14.7 Å². The molecule has 3 aromatic rings. The largest absolute Gasteiger partial charge is 0.476 e. The number of nitrogens with one attached hydrogen (secondary N) is 1. The molecule has 1 amide bonds. The molecule has 0 aliphatic heterocycles. The molecule has 3 rings (SSSR count). The molecular formula is C18H18ClN5O3. The zero-order valence-electron chi connectivity index (χ0n) is 15.0. The molecule has 0 atom stereocenters. The summed E-state index contributed by atoms with van der Waals surface area (Å²) in [5.41, 5.74) is 2.93. The maximum atomic E-state index is 12.5. The molecule has 8 nitrogen and oxygen atoms in total. The van der Waals surface area contributed by atoms with Gasteiger partial charge in [-0.05, 0) is 31.5 Å². The van der Waals surface area contributed by atoms with E-state index < -0.39 is 11.9 Å². The van der Waals surface area contributed by atoms with Gasteiger partial charge in [0.25, 0.3) is 5.91 Å². The van der Waals surface area contributed by atoms with Gasteiger partial charge in [-0.2, -0.15) is 10.2 Å². The Balaban J connectivity index is 1.82. The van der Waals surface area contributed by atoms with Gasteiger partial charge in [-0.15, -0.1) is 0 Å². The molecule has 0 radical (unpaired) electrons. The van der Waals surface area contributed by atoms with E-state index in [1.54, 1.807) is 22.9 Å². The number of nitrogens with zero attached hydrogens (tertiary/aromatic N) is 4. The minimum absolute atomic E-state index is 0.0863. The number of carbonyl (C=O) groups excluding carboxylic acids is 1.